The molecule has 1 aromatic carbocycles. The van der Waals surface area contributed by atoms with Crippen LogP contribution in [0.5, 0.6) is 0 Å². The molecule has 2 N–H and O–H groups in total. The van der Waals surface area contributed by atoms with Gasteiger partial charge in [-0.2, -0.15) is 0 Å². The van der Waals surface area contributed by atoms with E-state index in [0.717, 1.165) is 11.0 Å². The summed E-state index contributed by atoms with van der Waals surface area (Å²) in [6.45, 7) is 3.84. The maximum Gasteiger partial charge on any atom is 0.235 e. The van der Waals surface area contributed by atoms with Crippen molar-refractivity contribution in [2.45, 2.75) is 12.7 Å². The molecule has 0 fully saturated rings. The Labute approximate surface area is 128 Å². The molecule has 0 atom stereocenters. The van der Waals surface area contributed by atoms with Crippen molar-refractivity contribution in [3.63, 3.8) is 0 Å². The van der Waals surface area contributed by atoms with Crippen molar-refractivity contribution >= 4 is 31.7 Å². The highest BCUT2D eigenvalue weighted by atomic mass is 79.9. The predicted molar refractivity (Wildman–Crippen MR) is 83.2 cm³/mol. The molecule has 1 rings (SSSR count). The van der Waals surface area contributed by atoms with E-state index in [1.807, 2.05) is 13.0 Å². The molecule has 112 valence electrons. The lowest BCUT2D eigenvalue weighted by atomic mass is 10.2. The largest absolute Gasteiger partial charge is 0.354 e. The molecule has 0 saturated heterocycles. The SMILES string of the molecule is CCNCCNC(=O)CS(=O)(=O)Cc1cccc(Br)c1. The van der Waals surface area contributed by atoms with Crippen molar-refractivity contribution in [2.75, 3.05) is 25.4 Å². The molecule has 20 heavy (non-hydrogen) atoms. The summed E-state index contributed by atoms with van der Waals surface area (Å²) < 4.78 is 24.7. The van der Waals surface area contributed by atoms with E-state index in [1.165, 1.54) is 0 Å². The van der Waals surface area contributed by atoms with Crippen LogP contribution in [0.3, 0.4) is 0 Å². The van der Waals surface area contributed by atoms with E-state index in [0.29, 0.717) is 18.7 Å². The van der Waals surface area contributed by atoms with Gasteiger partial charge in [0.05, 0.1) is 5.75 Å². The van der Waals surface area contributed by atoms with Crippen LogP contribution in [0, 0.1) is 0 Å². The zero-order chi connectivity index (χ0) is 15.0. The summed E-state index contributed by atoms with van der Waals surface area (Å²) in [5.74, 6) is -1.07. The number of amides is 1. The molecule has 5 nitrogen and oxygen atoms in total. The van der Waals surface area contributed by atoms with Gasteiger partial charge in [-0.05, 0) is 24.2 Å². The van der Waals surface area contributed by atoms with Gasteiger partial charge in [-0.3, -0.25) is 4.79 Å². The van der Waals surface area contributed by atoms with Crippen molar-refractivity contribution in [1.29, 1.82) is 0 Å². The highest BCUT2D eigenvalue weighted by molar-refractivity contribution is 9.10. The van der Waals surface area contributed by atoms with Gasteiger partial charge in [0, 0.05) is 17.6 Å². The number of rotatable bonds is 8. The zero-order valence-corrected chi connectivity index (χ0v) is 13.8. The average molecular weight is 363 g/mol. The fourth-order valence-electron chi connectivity index (χ4n) is 1.65. The van der Waals surface area contributed by atoms with Gasteiger partial charge in [0.15, 0.2) is 9.84 Å². The van der Waals surface area contributed by atoms with E-state index in [4.69, 9.17) is 0 Å². The Hall–Kier alpha value is -0.920. The fourth-order valence-corrected chi connectivity index (χ4v) is 3.39. The molecule has 7 heteroatoms. The molecule has 0 heterocycles. The molecular formula is C13H19BrN2O3S. The number of benzene rings is 1. The van der Waals surface area contributed by atoms with Crippen LogP contribution in [-0.2, 0) is 20.4 Å². The molecule has 0 radical (unpaired) electrons. The molecule has 0 spiro atoms. The smallest absolute Gasteiger partial charge is 0.235 e. The van der Waals surface area contributed by atoms with Gasteiger partial charge in [0.1, 0.15) is 5.75 Å². The Morgan fingerprint density at radius 3 is 2.70 bits per heavy atom. The van der Waals surface area contributed by atoms with Gasteiger partial charge >= 0.3 is 0 Å². The number of sulfone groups is 1. The lowest BCUT2D eigenvalue weighted by Gasteiger charge is -2.07. The Balaban J connectivity index is 2.47. The van der Waals surface area contributed by atoms with Crippen molar-refractivity contribution < 1.29 is 13.2 Å². The van der Waals surface area contributed by atoms with Crippen molar-refractivity contribution in [3.05, 3.63) is 34.3 Å². The van der Waals surface area contributed by atoms with Gasteiger partial charge in [-0.25, -0.2) is 8.42 Å². The number of likely N-dealkylation sites (N-methyl/N-ethyl adjacent to an activating group) is 1. The molecular weight excluding hydrogens is 344 g/mol. The lowest BCUT2D eigenvalue weighted by molar-refractivity contribution is -0.118. The first kappa shape index (κ1) is 17.1. The maximum absolute atomic E-state index is 11.9. The standard InChI is InChI=1S/C13H19BrN2O3S/c1-2-15-6-7-16-13(17)10-20(18,19)9-11-4-3-5-12(14)8-11/h3-5,8,15H,2,6-7,9-10H2,1H3,(H,16,17). The number of halogens is 1. The van der Waals surface area contributed by atoms with Crippen LogP contribution in [0.2, 0.25) is 0 Å². The van der Waals surface area contributed by atoms with Gasteiger partial charge in [-0.15, -0.1) is 0 Å². The number of carbonyl (C=O) groups is 1. The fraction of sp³-hybridized carbons (Fsp3) is 0.462. The molecule has 1 amide bonds. The second-order valence-corrected chi connectivity index (χ2v) is 7.35. The first-order chi connectivity index (χ1) is 9.43. The quantitative estimate of drug-likeness (QED) is 0.678. The van der Waals surface area contributed by atoms with E-state index >= 15 is 0 Å². The van der Waals surface area contributed by atoms with E-state index in [-0.39, 0.29) is 5.75 Å². The second kappa shape index (κ2) is 8.39. The van der Waals surface area contributed by atoms with Crippen LogP contribution in [0.1, 0.15) is 12.5 Å². The normalized spacial score (nSPS) is 11.3. The van der Waals surface area contributed by atoms with Crippen LogP contribution in [0.25, 0.3) is 0 Å². The van der Waals surface area contributed by atoms with E-state index < -0.39 is 21.5 Å². The maximum atomic E-state index is 11.9. The monoisotopic (exact) mass is 362 g/mol. The van der Waals surface area contributed by atoms with Crippen LogP contribution in [0.4, 0.5) is 0 Å². The third kappa shape index (κ3) is 7.02. The van der Waals surface area contributed by atoms with Gasteiger partial charge in [0.2, 0.25) is 5.91 Å². The number of hydrogen-bond donors (Lipinski definition) is 2. The summed E-state index contributed by atoms with van der Waals surface area (Å²) in [6, 6.07) is 7.06. The minimum atomic E-state index is -3.45. The van der Waals surface area contributed by atoms with Crippen LogP contribution < -0.4 is 10.6 Å². The summed E-state index contributed by atoms with van der Waals surface area (Å²) >= 11 is 3.29. The molecule has 0 saturated carbocycles. The second-order valence-electron chi connectivity index (χ2n) is 4.37. The van der Waals surface area contributed by atoms with E-state index in [9.17, 15) is 13.2 Å². The van der Waals surface area contributed by atoms with Crippen molar-refractivity contribution in [1.82, 2.24) is 10.6 Å². The molecule has 0 aliphatic rings. The highest BCUT2D eigenvalue weighted by Gasteiger charge is 2.17. The Morgan fingerprint density at radius 2 is 2.05 bits per heavy atom. The average Bonchev–Trinajstić information content (AvgIpc) is 2.33. The molecule has 0 bridgehead atoms. The molecule has 0 aromatic heterocycles. The van der Waals surface area contributed by atoms with Gasteiger partial charge < -0.3 is 10.6 Å². The third-order valence-electron chi connectivity index (χ3n) is 2.50. The number of nitrogens with one attached hydrogen (secondary N) is 2. The molecule has 1 aromatic rings. The van der Waals surface area contributed by atoms with Crippen molar-refractivity contribution in [2.24, 2.45) is 0 Å². The van der Waals surface area contributed by atoms with Crippen LogP contribution >= 0.6 is 15.9 Å². The topological polar surface area (TPSA) is 75.3 Å². The van der Waals surface area contributed by atoms with Crippen LogP contribution in [0.15, 0.2) is 28.7 Å². The number of carbonyl (C=O) groups excluding carboxylic acids is 1. The Bertz CT molecular complexity index is 546. The third-order valence-corrected chi connectivity index (χ3v) is 4.47. The van der Waals surface area contributed by atoms with Gasteiger partial charge in [0.25, 0.3) is 0 Å². The summed E-state index contributed by atoms with van der Waals surface area (Å²) in [6.07, 6.45) is 0. The zero-order valence-electron chi connectivity index (χ0n) is 11.4. The minimum absolute atomic E-state index is 0.132. The summed E-state index contributed by atoms with van der Waals surface area (Å²) in [5, 5.41) is 5.62. The highest BCUT2D eigenvalue weighted by Crippen LogP contribution is 2.14. The first-order valence-corrected chi connectivity index (χ1v) is 8.96. The Kier molecular flexibility index (Phi) is 7.18. The molecule has 0 aliphatic carbocycles. The molecule has 0 aliphatic heterocycles. The minimum Gasteiger partial charge on any atom is -0.354 e. The first-order valence-electron chi connectivity index (χ1n) is 6.35. The van der Waals surface area contributed by atoms with Crippen molar-refractivity contribution in [3.8, 4) is 0 Å². The van der Waals surface area contributed by atoms with Crippen LogP contribution in [-0.4, -0.2) is 39.7 Å². The number of hydrogen-bond acceptors (Lipinski definition) is 4. The predicted octanol–water partition coefficient (Wildman–Crippen LogP) is 1.09. The summed E-state index contributed by atoms with van der Waals surface area (Å²) in [7, 11) is -3.45. The molecule has 0 unspecified atom stereocenters. The van der Waals surface area contributed by atoms with E-state index in [1.54, 1.807) is 18.2 Å². The lowest BCUT2D eigenvalue weighted by Crippen LogP contribution is -2.35. The summed E-state index contributed by atoms with van der Waals surface area (Å²) in [5.41, 5.74) is 0.667. The van der Waals surface area contributed by atoms with E-state index in [2.05, 4.69) is 26.6 Å². The Morgan fingerprint density at radius 1 is 1.30 bits per heavy atom. The van der Waals surface area contributed by atoms with Gasteiger partial charge in [-0.1, -0.05) is 35.0 Å². The summed E-state index contributed by atoms with van der Waals surface area (Å²) in [4.78, 5) is 11.6.